The number of esters is 1. The molecule has 0 amide bonds. The first-order valence-electron chi connectivity index (χ1n) is 4.29. The molecule has 0 aliphatic rings. The Hall–Kier alpha value is -0.970. The minimum absolute atomic E-state index is 0.0645. The molecule has 0 atom stereocenters. The van der Waals surface area contributed by atoms with Gasteiger partial charge in [0.25, 0.3) is 0 Å². The molecule has 5 heteroatoms. The van der Waals surface area contributed by atoms with Gasteiger partial charge in [-0.2, -0.15) is 8.78 Å². The monoisotopic (exact) mass is 278 g/mol. The van der Waals surface area contributed by atoms with E-state index >= 15 is 0 Å². The van der Waals surface area contributed by atoms with Crippen molar-refractivity contribution in [1.29, 1.82) is 0 Å². The van der Waals surface area contributed by atoms with Gasteiger partial charge in [0.15, 0.2) is 0 Å². The number of rotatable bonds is 3. The molecule has 0 bridgehead atoms. The topological polar surface area (TPSA) is 26.3 Å². The van der Waals surface area contributed by atoms with Crippen molar-refractivity contribution in [1.82, 2.24) is 0 Å². The summed E-state index contributed by atoms with van der Waals surface area (Å²) in [5.74, 6) is -5.11. The van der Waals surface area contributed by atoms with Gasteiger partial charge >= 0.3 is 11.9 Å². The van der Waals surface area contributed by atoms with Gasteiger partial charge in [-0.05, 0) is 19.1 Å². The second kappa shape index (κ2) is 4.70. The Kier molecular flexibility index (Phi) is 3.79. The van der Waals surface area contributed by atoms with Crippen LogP contribution in [0, 0.1) is 0 Å². The van der Waals surface area contributed by atoms with E-state index in [-0.39, 0.29) is 12.2 Å². The average molecular weight is 279 g/mol. The highest BCUT2D eigenvalue weighted by molar-refractivity contribution is 9.10. The second-order valence-electron chi connectivity index (χ2n) is 2.80. The predicted molar refractivity (Wildman–Crippen MR) is 54.7 cm³/mol. The van der Waals surface area contributed by atoms with Crippen LogP contribution >= 0.6 is 15.9 Å². The zero-order chi connectivity index (χ0) is 11.5. The van der Waals surface area contributed by atoms with Crippen LogP contribution in [0.3, 0.4) is 0 Å². The molecule has 2 nitrogen and oxygen atoms in total. The van der Waals surface area contributed by atoms with Gasteiger partial charge < -0.3 is 4.74 Å². The van der Waals surface area contributed by atoms with Crippen LogP contribution in [0.5, 0.6) is 0 Å². The summed E-state index contributed by atoms with van der Waals surface area (Å²) in [6, 6.07) is 5.26. The lowest BCUT2D eigenvalue weighted by Gasteiger charge is -2.14. The summed E-state index contributed by atoms with van der Waals surface area (Å²) in [4.78, 5) is 11.0. The molecule has 0 aliphatic carbocycles. The van der Waals surface area contributed by atoms with Crippen LogP contribution < -0.4 is 0 Å². The molecule has 0 saturated carbocycles. The van der Waals surface area contributed by atoms with E-state index in [4.69, 9.17) is 0 Å². The SMILES string of the molecule is CCOC(=O)C(F)(F)c1ccc(Br)cc1. The lowest BCUT2D eigenvalue weighted by Crippen LogP contribution is -2.28. The summed E-state index contributed by atoms with van der Waals surface area (Å²) in [6.07, 6.45) is 0. The largest absolute Gasteiger partial charge is 0.461 e. The molecular formula is C10H9BrF2O2. The van der Waals surface area contributed by atoms with Crippen molar-refractivity contribution >= 4 is 21.9 Å². The van der Waals surface area contributed by atoms with Gasteiger partial charge in [-0.15, -0.1) is 0 Å². The Labute approximate surface area is 94.4 Å². The van der Waals surface area contributed by atoms with Crippen LogP contribution in [0.25, 0.3) is 0 Å². The Morgan fingerprint density at radius 1 is 1.40 bits per heavy atom. The number of hydrogen-bond donors (Lipinski definition) is 0. The highest BCUT2D eigenvalue weighted by Crippen LogP contribution is 2.30. The molecule has 1 rings (SSSR count). The number of carbonyl (C=O) groups excluding carboxylic acids is 1. The van der Waals surface area contributed by atoms with E-state index in [1.54, 1.807) is 0 Å². The van der Waals surface area contributed by atoms with Crippen LogP contribution in [-0.4, -0.2) is 12.6 Å². The molecule has 0 radical (unpaired) electrons. The quantitative estimate of drug-likeness (QED) is 0.795. The third kappa shape index (κ3) is 2.75. The summed E-state index contributed by atoms with van der Waals surface area (Å²) in [7, 11) is 0. The van der Waals surface area contributed by atoms with Crippen molar-refractivity contribution < 1.29 is 18.3 Å². The van der Waals surface area contributed by atoms with E-state index in [0.29, 0.717) is 4.47 Å². The minimum Gasteiger partial charge on any atom is -0.461 e. The lowest BCUT2D eigenvalue weighted by molar-refractivity contribution is -0.173. The Morgan fingerprint density at radius 3 is 2.40 bits per heavy atom. The third-order valence-electron chi connectivity index (χ3n) is 1.74. The van der Waals surface area contributed by atoms with Crippen molar-refractivity contribution in [2.45, 2.75) is 12.8 Å². The zero-order valence-corrected chi connectivity index (χ0v) is 9.55. The lowest BCUT2D eigenvalue weighted by atomic mass is 10.1. The molecule has 1 aromatic rings. The maximum absolute atomic E-state index is 13.4. The Balaban J connectivity index is 2.94. The van der Waals surface area contributed by atoms with Crippen LogP contribution in [-0.2, 0) is 15.5 Å². The number of ether oxygens (including phenoxy) is 1. The fraction of sp³-hybridized carbons (Fsp3) is 0.300. The standard InChI is InChI=1S/C10H9BrF2O2/c1-2-15-9(14)10(12,13)7-3-5-8(11)6-4-7/h3-6H,2H2,1H3. The highest BCUT2D eigenvalue weighted by Gasteiger charge is 2.42. The molecule has 0 saturated heterocycles. The maximum atomic E-state index is 13.4. The van der Waals surface area contributed by atoms with Crippen LogP contribution in [0.2, 0.25) is 0 Å². The van der Waals surface area contributed by atoms with Gasteiger partial charge in [0, 0.05) is 10.0 Å². The molecule has 0 aliphatic heterocycles. The van der Waals surface area contributed by atoms with Gasteiger partial charge in [0.1, 0.15) is 0 Å². The van der Waals surface area contributed by atoms with Crippen LogP contribution in [0.15, 0.2) is 28.7 Å². The first kappa shape index (κ1) is 12.1. The molecule has 82 valence electrons. The number of hydrogen-bond acceptors (Lipinski definition) is 2. The fourth-order valence-electron chi connectivity index (χ4n) is 0.999. The van der Waals surface area contributed by atoms with Crippen molar-refractivity contribution in [2.75, 3.05) is 6.61 Å². The first-order chi connectivity index (χ1) is 6.98. The average Bonchev–Trinajstić information content (AvgIpc) is 2.18. The molecule has 0 aromatic heterocycles. The summed E-state index contributed by atoms with van der Waals surface area (Å²) < 4.78 is 31.7. The Morgan fingerprint density at radius 2 is 1.93 bits per heavy atom. The Bertz CT molecular complexity index is 349. The van der Waals surface area contributed by atoms with E-state index in [1.807, 2.05) is 0 Å². The number of benzene rings is 1. The summed E-state index contributed by atoms with van der Waals surface area (Å²) >= 11 is 3.12. The van der Waals surface area contributed by atoms with Crippen LogP contribution in [0.4, 0.5) is 8.78 Å². The first-order valence-corrected chi connectivity index (χ1v) is 5.09. The number of alkyl halides is 2. The smallest absolute Gasteiger partial charge is 0.381 e. The van der Waals surface area contributed by atoms with Crippen LogP contribution in [0.1, 0.15) is 12.5 Å². The zero-order valence-electron chi connectivity index (χ0n) is 7.97. The summed E-state index contributed by atoms with van der Waals surface area (Å²) in [5, 5.41) is 0. The number of carbonyl (C=O) groups is 1. The van der Waals surface area contributed by atoms with Crippen molar-refractivity contribution in [3.05, 3.63) is 34.3 Å². The molecule has 0 fully saturated rings. The molecule has 1 aromatic carbocycles. The van der Waals surface area contributed by atoms with Gasteiger partial charge in [-0.3, -0.25) is 0 Å². The normalized spacial score (nSPS) is 11.2. The van der Waals surface area contributed by atoms with E-state index in [9.17, 15) is 13.6 Å². The minimum atomic E-state index is -3.59. The predicted octanol–water partition coefficient (Wildman–Crippen LogP) is 3.10. The molecular weight excluding hydrogens is 270 g/mol. The van der Waals surface area contributed by atoms with Crippen molar-refractivity contribution in [2.24, 2.45) is 0 Å². The summed E-state index contributed by atoms with van der Waals surface area (Å²) in [5.41, 5.74) is -0.371. The molecule has 0 spiro atoms. The molecule has 0 unspecified atom stereocenters. The molecule has 0 N–H and O–H groups in total. The maximum Gasteiger partial charge on any atom is 0.381 e. The van der Waals surface area contributed by atoms with E-state index in [1.165, 1.54) is 31.2 Å². The number of halogens is 3. The van der Waals surface area contributed by atoms with E-state index in [2.05, 4.69) is 20.7 Å². The van der Waals surface area contributed by atoms with E-state index < -0.39 is 11.9 Å². The van der Waals surface area contributed by atoms with Crippen molar-refractivity contribution in [3.8, 4) is 0 Å². The van der Waals surface area contributed by atoms with E-state index in [0.717, 1.165) is 0 Å². The third-order valence-corrected chi connectivity index (χ3v) is 2.27. The van der Waals surface area contributed by atoms with Gasteiger partial charge in [0.05, 0.1) is 6.61 Å². The molecule has 15 heavy (non-hydrogen) atoms. The van der Waals surface area contributed by atoms with Gasteiger partial charge in [-0.25, -0.2) is 4.79 Å². The van der Waals surface area contributed by atoms with Crippen molar-refractivity contribution in [3.63, 3.8) is 0 Å². The molecule has 0 heterocycles. The summed E-state index contributed by atoms with van der Waals surface area (Å²) in [6.45, 7) is 1.42. The highest BCUT2D eigenvalue weighted by atomic mass is 79.9. The van der Waals surface area contributed by atoms with Gasteiger partial charge in [-0.1, -0.05) is 28.1 Å². The fourth-order valence-corrected chi connectivity index (χ4v) is 1.26. The second-order valence-corrected chi connectivity index (χ2v) is 3.72. The van der Waals surface area contributed by atoms with Gasteiger partial charge in [0.2, 0.25) is 0 Å².